The van der Waals surface area contributed by atoms with Crippen LogP contribution in [0.15, 0.2) is 0 Å². The van der Waals surface area contributed by atoms with E-state index < -0.39 is 0 Å². The van der Waals surface area contributed by atoms with Crippen LogP contribution in [0.1, 0.15) is 66.7 Å². The average molecular weight is 269 g/mol. The fourth-order valence-electron chi connectivity index (χ4n) is 3.55. The van der Waals surface area contributed by atoms with Crippen molar-refractivity contribution in [3.05, 3.63) is 0 Å². The normalized spacial score (nSPS) is 21.6. The molecule has 114 valence electrons. The highest BCUT2D eigenvalue weighted by molar-refractivity contribution is 4.94. The molecular formula is C16H35N3. The molecule has 0 spiro atoms. The molecule has 3 N–H and O–H groups in total. The molecule has 3 nitrogen and oxygen atoms in total. The second-order valence-electron chi connectivity index (χ2n) is 7.39. The topological polar surface area (TPSA) is 41.3 Å². The van der Waals surface area contributed by atoms with Crippen molar-refractivity contribution < 1.29 is 0 Å². The van der Waals surface area contributed by atoms with Crippen molar-refractivity contribution in [2.75, 3.05) is 13.1 Å². The lowest BCUT2D eigenvalue weighted by Crippen LogP contribution is -2.60. The van der Waals surface area contributed by atoms with E-state index in [0.29, 0.717) is 6.04 Å². The monoisotopic (exact) mass is 269 g/mol. The Bertz CT molecular complexity index is 244. The summed E-state index contributed by atoms with van der Waals surface area (Å²) in [5.41, 5.74) is 3.26. The summed E-state index contributed by atoms with van der Waals surface area (Å²) in [6.07, 6.45) is 6.51. The van der Waals surface area contributed by atoms with Crippen LogP contribution in [0.5, 0.6) is 0 Å². The summed E-state index contributed by atoms with van der Waals surface area (Å²) in [5, 5.41) is 0. The molecule has 1 fully saturated rings. The van der Waals surface area contributed by atoms with Crippen molar-refractivity contribution in [3.63, 3.8) is 0 Å². The van der Waals surface area contributed by atoms with E-state index in [-0.39, 0.29) is 5.54 Å². The Hall–Kier alpha value is -0.120. The minimum Gasteiger partial charge on any atom is -0.297 e. The molecule has 1 rings (SSSR count). The van der Waals surface area contributed by atoms with Gasteiger partial charge in [0.05, 0.1) is 0 Å². The van der Waals surface area contributed by atoms with Gasteiger partial charge in [0.25, 0.3) is 0 Å². The number of piperidine rings is 1. The molecule has 0 radical (unpaired) electrons. The summed E-state index contributed by atoms with van der Waals surface area (Å²) in [6, 6.07) is 0.374. The largest absolute Gasteiger partial charge is 0.297 e. The predicted octanol–water partition coefficient (Wildman–Crippen LogP) is 3.16. The van der Waals surface area contributed by atoms with Gasteiger partial charge in [0.1, 0.15) is 0 Å². The Morgan fingerprint density at radius 3 is 2.11 bits per heavy atom. The Morgan fingerprint density at radius 1 is 1.05 bits per heavy atom. The SMILES string of the molecule is CC(C)CC(C)CC(NN)C(C)(C)N1CCCCC1. The van der Waals surface area contributed by atoms with Crippen molar-refractivity contribution >= 4 is 0 Å². The van der Waals surface area contributed by atoms with E-state index in [1.165, 1.54) is 38.8 Å². The van der Waals surface area contributed by atoms with Gasteiger partial charge in [-0.25, -0.2) is 0 Å². The molecule has 0 aromatic rings. The van der Waals surface area contributed by atoms with Gasteiger partial charge < -0.3 is 0 Å². The Balaban J connectivity index is 2.60. The molecule has 1 saturated heterocycles. The Morgan fingerprint density at radius 2 is 1.63 bits per heavy atom. The van der Waals surface area contributed by atoms with E-state index in [1.807, 2.05) is 0 Å². The van der Waals surface area contributed by atoms with Gasteiger partial charge in [0.2, 0.25) is 0 Å². The second-order valence-corrected chi connectivity index (χ2v) is 7.39. The lowest BCUT2D eigenvalue weighted by Gasteiger charge is -2.46. The number of nitrogens with one attached hydrogen (secondary N) is 1. The zero-order valence-corrected chi connectivity index (χ0v) is 13.7. The third kappa shape index (κ3) is 5.05. The van der Waals surface area contributed by atoms with Crippen LogP contribution in [0.2, 0.25) is 0 Å². The van der Waals surface area contributed by atoms with Crippen LogP contribution in [0.3, 0.4) is 0 Å². The summed E-state index contributed by atoms with van der Waals surface area (Å²) in [6.45, 7) is 14.1. The van der Waals surface area contributed by atoms with Crippen molar-refractivity contribution in [1.82, 2.24) is 10.3 Å². The van der Waals surface area contributed by atoms with Crippen LogP contribution in [-0.2, 0) is 0 Å². The second kappa shape index (κ2) is 7.61. The smallest absolute Gasteiger partial charge is 0.0391 e. The van der Waals surface area contributed by atoms with Gasteiger partial charge in [-0.05, 0) is 64.5 Å². The molecule has 1 aliphatic rings. The van der Waals surface area contributed by atoms with Crippen LogP contribution in [0.4, 0.5) is 0 Å². The molecular weight excluding hydrogens is 234 g/mol. The number of hydrogen-bond donors (Lipinski definition) is 2. The number of likely N-dealkylation sites (tertiary alicyclic amines) is 1. The molecule has 0 aromatic carbocycles. The Labute approximate surface area is 120 Å². The summed E-state index contributed by atoms with van der Waals surface area (Å²) in [5.74, 6) is 7.36. The quantitative estimate of drug-likeness (QED) is 0.551. The first-order chi connectivity index (χ1) is 8.87. The lowest BCUT2D eigenvalue weighted by molar-refractivity contribution is 0.0522. The van der Waals surface area contributed by atoms with Crippen LogP contribution in [0, 0.1) is 11.8 Å². The van der Waals surface area contributed by atoms with Crippen LogP contribution >= 0.6 is 0 Å². The Kier molecular flexibility index (Phi) is 6.78. The van der Waals surface area contributed by atoms with E-state index in [1.54, 1.807) is 0 Å². The molecule has 0 aliphatic carbocycles. The number of rotatable bonds is 7. The zero-order valence-electron chi connectivity index (χ0n) is 13.7. The van der Waals surface area contributed by atoms with Gasteiger partial charge in [-0.2, -0.15) is 0 Å². The summed E-state index contributed by atoms with van der Waals surface area (Å²) >= 11 is 0. The maximum absolute atomic E-state index is 5.87. The van der Waals surface area contributed by atoms with Crippen LogP contribution in [0.25, 0.3) is 0 Å². The van der Waals surface area contributed by atoms with E-state index in [2.05, 4.69) is 44.9 Å². The van der Waals surface area contributed by atoms with Gasteiger partial charge in [-0.1, -0.05) is 27.2 Å². The molecule has 2 unspecified atom stereocenters. The lowest BCUT2D eigenvalue weighted by atomic mass is 9.83. The predicted molar refractivity (Wildman–Crippen MR) is 83.9 cm³/mol. The highest BCUT2D eigenvalue weighted by Crippen LogP contribution is 2.28. The minimum absolute atomic E-state index is 0.153. The summed E-state index contributed by atoms with van der Waals surface area (Å²) in [4.78, 5) is 2.63. The van der Waals surface area contributed by atoms with E-state index >= 15 is 0 Å². The van der Waals surface area contributed by atoms with Crippen molar-refractivity contribution in [1.29, 1.82) is 0 Å². The first-order valence-electron chi connectivity index (χ1n) is 8.09. The highest BCUT2D eigenvalue weighted by atomic mass is 15.3. The number of hydrogen-bond acceptors (Lipinski definition) is 3. The summed E-state index contributed by atoms with van der Waals surface area (Å²) < 4.78 is 0. The molecule has 1 heterocycles. The minimum atomic E-state index is 0.153. The van der Waals surface area contributed by atoms with Crippen molar-refractivity contribution in [2.45, 2.75) is 78.3 Å². The number of nitrogens with zero attached hydrogens (tertiary/aromatic N) is 1. The third-order valence-corrected chi connectivity index (χ3v) is 4.74. The van der Waals surface area contributed by atoms with Crippen LogP contribution < -0.4 is 11.3 Å². The van der Waals surface area contributed by atoms with E-state index in [0.717, 1.165) is 18.3 Å². The number of hydrazine groups is 1. The standard InChI is InChI=1S/C16H35N3/c1-13(2)11-14(3)12-15(18-17)16(4,5)19-9-7-6-8-10-19/h13-15,18H,6-12,17H2,1-5H3. The maximum Gasteiger partial charge on any atom is 0.0391 e. The van der Waals surface area contributed by atoms with Gasteiger partial charge in [-0.3, -0.25) is 16.2 Å². The highest BCUT2D eigenvalue weighted by Gasteiger charge is 2.36. The van der Waals surface area contributed by atoms with Gasteiger partial charge in [0.15, 0.2) is 0 Å². The number of nitrogens with two attached hydrogens (primary N) is 1. The zero-order chi connectivity index (χ0) is 14.5. The third-order valence-electron chi connectivity index (χ3n) is 4.74. The molecule has 0 aromatic heterocycles. The molecule has 0 amide bonds. The van der Waals surface area contributed by atoms with Gasteiger partial charge in [-0.15, -0.1) is 0 Å². The average Bonchev–Trinajstić information content (AvgIpc) is 2.36. The van der Waals surface area contributed by atoms with Gasteiger partial charge >= 0.3 is 0 Å². The molecule has 19 heavy (non-hydrogen) atoms. The van der Waals surface area contributed by atoms with Crippen molar-refractivity contribution in [2.24, 2.45) is 17.7 Å². The molecule has 1 aliphatic heterocycles. The molecule has 2 atom stereocenters. The summed E-state index contributed by atoms with van der Waals surface area (Å²) in [7, 11) is 0. The van der Waals surface area contributed by atoms with Gasteiger partial charge in [0, 0.05) is 11.6 Å². The van der Waals surface area contributed by atoms with Crippen molar-refractivity contribution in [3.8, 4) is 0 Å². The van der Waals surface area contributed by atoms with Crippen LogP contribution in [-0.4, -0.2) is 29.6 Å². The van der Waals surface area contributed by atoms with E-state index in [9.17, 15) is 0 Å². The molecule has 0 bridgehead atoms. The molecule has 0 saturated carbocycles. The fraction of sp³-hybridized carbons (Fsp3) is 1.00. The van der Waals surface area contributed by atoms with E-state index in [4.69, 9.17) is 5.84 Å². The molecule has 3 heteroatoms. The fourth-order valence-corrected chi connectivity index (χ4v) is 3.55. The first kappa shape index (κ1) is 16.9. The maximum atomic E-state index is 5.87. The first-order valence-corrected chi connectivity index (χ1v) is 8.09.